The van der Waals surface area contributed by atoms with E-state index in [1.807, 2.05) is 0 Å². The first-order valence-corrected chi connectivity index (χ1v) is 8.21. The van der Waals surface area contributed by atoms with Crippen LogP contribution >= 0.6 is 12.4 Å². The smallest absolute Gasteiger partial charge is 0.227 e. The van der Waals surface area contributed by atoms with Crippen LogP contribution in [-0.2, 0) is 4.79 Å². The van der Waals surface area contributed by atoms with Crippen LogP contribution in [0.3, 0.4) is 0 Å². The summed E-state index contributed by atoms with van der Waals surface area (Å²) in [4.78, 5) is 14.9. The van der Waals surface area contributed by atoms with Crippen molar-refractivity contribution in [3.8, 4) is 0 Å². The molecule has 0 spiro atoms. The monoisotopic (exact) mass is 304 g/mol. The largest absolute Gasteiger partial charge is 0.340 e. The Labute approximate surface area is 131 Å². The molecule has 1 aliphatic rings. The molecule has 3 nitrogen and oxygen atoms in total. The third-order valence-corrected chi connectivity index (χ3v) is 4.17. The zero-order chi connectivity index (χ0) is 14.1. The van der Waals surface area contributed by atoms with Crippen molar-refractivity contribution in [2.24, 2.45) is 5.92 Å². The van der Waals surface area contributed by atoms with E-state index >= 15 is 0 Å². The quantitative estimate of drug-likeness (QED) is 0.695. The third-order valence-electron chi connectivity index (χ3n) is 4.17. The minimum Gasteiger partial charge on any atom is -0.340 e. The predicted octanol–water partition coefficient (Wildman–Crippen LogP) is 3.62. The fourth-order valence-electron chi connectivity index (χ4n) is 2.95. The zero-order valence-electron chi connectivity index (χ0n) is 13.5. The lowest BCUT2D eigenvalue weighted by Crippen LogP contribution is -2.47. The molecule has 1 heterocycles. The molecular formula is C16H33ClN2O. The molecular weight excluding hydrogens is 272 g/mol. The van der Waals surface area contributed by atoms with Crippen molar-refractivity contribution in [2.45, 2.75) is 71.8 Å². The number of carbonyl (C=O) groups is 1. The summed E-state index contributed by atoms with van der Waals surface area (Å²) in [7, 11) is 0. The second-order valence-electron chi connectivity index (χ2n) is 5.92. The van der Waals surface area contributed by atoms with Crippen molar-refractivity contribution in [2.75, 3.05) is 19.6 Å². The van der Waals surface area contributed by atoms with E-state index in [1.165, 1.54) is 12.8 Å². The molecule has 0 aliphatic carbocycles. The molecule has 0 aromatic heterocycles. The van der Waals surface area contributed by atoms with Crippen LogP contribution in [0.2, 0.25) is 0 Å². The van der Waals surface area contributed by atoms with Gasteiger partial charge in [-0.3, -0.25) is 4.79 Å². The lowest BCUT2D eigenvalue weighted by Gasteiger charge is -2.34. The molecule has 1 rings (SSSR count). The molecule has 2 unspecified atom stereocenters. The first-order valence-electron chi connectivity index (χ1n) is 8.21. The Morgan fingerprint density at radius 1 is 1.30 bits per heavy atom. The van der Waals surface area contributed by atoms with Gasteiger partial charge >= 0.3 is 0 Å². The van der Waals surface area contributed by atoms with E-state index in [0.717, 1.165) is 51.7 Å². The second-order valence-corrected chi connectivity index (χ2v) is 5.92. The normalized spacial score (nSPS) is 20.1. The van der Waals surface area contributed by atoms with E-state index in [1.54, 1.807) is 0 Å². The highest BCUT2D eigenvalue weighted by Crippen LogP contribution is 2.18. The molecule has 0 bridgehead atoms. The maximum atomic E-state index is 12.7. The fourth-order valence-corrected chi connectivity index (χ4v) is 2.95. The van der Waals surface area contributed by atoms with Crippen LogP contribution in [0.5, 0.6) is 0 Å². The minimum atomic E-state index is 0. The molecule has 0 radical (unpaired) electrons. The van der Waals surface area contributed by atoms with Crippen LogP contribution in [0.4, 0.5) is 0 Å². The molecule has 1 N–H and O–H groups in total. The summed E-state index contributed by atoms with van der Waals surface area (Å²) in [6.07, 6.45) is 8.08. The summed E-state index contributed by atoms with van der Waals surface area (Å²) in [5, 5.41) is 3.36. The molecule has 0 saturated carbocycles. The van der Waals surface area contributed by atoms with Crippen molar-refractivity contribution < 1.29 is 4.79 Å². The van der Waals surface area contributed by atoms with Gasteiger partial charge in [-0.2, -0.15) is 0 Å². The number of unbranched alkanes of at least 4 members (excludes halogenated alkanes) is 2. The number of nitrogens with one attached hydrogen (secondary N) is 1. The van der Waals surface area contributed by atoms with Gasteiger partial charge in [0, 0.05) is 19.1 Å². The minimum absolute atomic E-state index is 0. The number of amides is 1. The highest BCUT2D eigenvalue weighted by molar-refractivity contribution is 5.85. The van der Waals surface area contributed by atoms with Gasteiger partial charge in [-0.15, -0.1) is 12.4 Å². The average Bonchev–Trinajstić information content (AvgIpc) is 2.44. The fraction of sp³-hybridized carbons (Fsp3) is 0.938. The SMILES string of the molecule is CCCCCN(C(=O)C1CCCNC1)C(C)CCC.Cl. The van der Waals surface area contributed by atoms with Crippen LogP contribution in [-0.4, -0.2) is 36.5 Å². The van der Waals surface area contributed by atoms with Crippen molar-refractivity contribution in [3.63, 3.8) is 0 Å². The zero-order valence-corrected chi connectivity index (χ0v) is 14.3. The first kappa shape index (κ1) is 19.7. The maximum absolute atomic E-state index is 12.7. The maximum Gasteiger partial charge on any atom is 0.227 e. The number of hydrogen-bond acceptors (Lipinski definition) is 2. The summed E-state index contributed by atoms with van der Waals surface area (Å²) in [6.45, 7) is 9.53. The van der Waals surface area contributed by atoms with Gasteiger partial charge in [0.15, 0.2) is 0 Å². The summed E-state index contributed by atoms with van der Waals surface area (Å²) < 4.78 is 0. The van der Waals surface area contributed by atoms with Crippen LogP contribution in [0, 0.1) is 5.92 Å². The van der Waals surface area contributed by atoms with Gasteiger partial charge in [0.1, 0.15) is 0 Å². The van der Waals surface area contributed by atoms with Gasteiger partial charge in [-0.05, 0) is 39.2 Å². The Hall–Kier alpha value is -0.280. The highest BCUT2D eigenvalue weighted by atomic mass is 35.5. The van der Waals surface area contributed by atoms with Crippen molar-refractivity contribution >= 4 is 18.3 Å². The van der Waals surface area contributed by atoms with E-state index in [0.29, 0.717) is 11.9 Å². The average molecular weight is 305 g/mol. The van der Waals surface area contributed by atoms with E-state index in [-0.39, 0.29) is 18.3 Å². The van der Waals surface area contributed by atoms with E-state index in [4.69, 9.17) is 0 Å². The predicted molar refractivity (Wildman–Crippen MR) is 88.4 cm³/mol. The number of halogens is 1. The molecule has 1 fully saturated rings. The van der Waals surface area contributed by atoms with Crippen molar-refractivity contribution in [3.05, 3.63) is 0 Å². The molecule has 1 aliphatic heterocycles. The lowest BCUT2D eigenvalue weighted by atomic mass is 9.96. The number of rotatable bonds is 8. The summed E-state index contributed by atoms with van der Waals surface area (Å²) in [6, 6.07) is 0.399. The van der Waals surface area contributed by atoms with Gasteiger partial charge in [0.2, 0.25) is 5.91 Å². The van der Waals surface area contributed by atoms with Crippen molar-refractivity contribution in [1.82, 2.24) is 10.2 Å². The number of nitrogens with zero attached hydrogens (tertiary/aromatic N) is 1. The Bertz CT molecular complexity index is 255. The van der Waals surface area contributed by atoms with E-state index in [9.17, 15) is 4.79 Å². The molecule has 1 saturated heterocycles. The van der Waals surface area contributed by atoms with Crippen LogP contribution < -0.4 is 5.32 Å². The summed E-state index contributed by atoms with van der Waals surface area (Å²) >= 11 is 0. The number of piperidine rings is 1. The van der Waals surface area contributed by atoms with Crippen molar-refractivity contribution in [1.29, 1.82) is 0 Å². The lowest BCUT2D eigenvalue weighted by molar-refractivity contribution is -0.138. The number of carbonyl (C=O) groups excluding carboxylic acids is 1. The third kappa shape index (κ3) is 6.45. The van der Waals surface area contributed by atoms with Gasteiger partial charge in [-0.25, -0.2) is 0 Å². The van der Waals surface area contributed by atoms with Gasteiger partial charge in [-0.1, -0.05) is 33.1 Å². The first-order chi connectivity index (χ1) is 9.20. The Morgan fingerprint density at radius 3 is 2.60 bits per heavy atom. The van der Waals surface area contributed by atoms with Crippen LogP contribution in [0.15, 0.2) is 0 Å². The Morgan fingerprint density at radius 2 is 2.05 bits per heavy atom. The summed E-state index contributed by atoms with van der Waals surface area (Å²) in [5.41, 5.74) is 0. The topological polar surface area (TPSA) is 32.3 Å². The molecule has 20 heavy (non-hydrogen) atoms. The highest BCUT2D eigenvalue weighted by Gasteiger charge is 2.28. The Kier molecular flexibility index (Phi) is 11.2. The van der Waals surface area contributed by atoms with Gasteiger partial charge in [0.05, 0.1) is 5.92 Å². The molecule has 120 valence electrons. The van der Waals surface area contributed by atoms with Crippen LogP contribution in [0.1, 0.15) is 65.7 Å². The Balaban J connectivity index is 0.00000361. The number of hydrogen-bond donors (Lipinski definition) is 1. The summed E-state index contributed by atoms with van der Waals surface area (Å²) in [5.74, 6) is 0.610. The standard InChI is InChI=1S/C16H32N2O.ClH/c1-4-6-7-12-18(14(3)9-5-2)16(19)15-10-8-11-17-13-15;/h14-15,17H,4-13H2,1-3H3;1H. The molecule has 2 atom stereocenters. The molecule has 0 aromatic rings. The van der Waals surface area contributed by atoms with Gasteiger partial charge in [0.25, 0.3) is 0 Å². The van der Waals surface area contributed by atoms with E-state index < -0.39 is 0 Å². The van der Waals surface area contributed by atoms with Gasteiger partial charge < -0.3 is 10.2 Å². The molecule has 1 amide bonds. The van der Waals surface area contributed by atoms with Crippen LogP contribution in [0.25, 0.3) is 0 Å². The second kappa shape index (κ2) is 11.4. The van der Waals surface area contributed by atoms with E-state index in [2.05, 4.69) is 31.0 Å². The molecule has 4 heteroatoms. The molecule has 0 aromatic carbocycles.